The SMILES string of the molecule is CC(CCN(C(C)C)C(C)C)c1ccc(-c2ccc(Cl)cc2)cc1. The molecule has 0 bridgehead atoms. The van der Waals surface area contributed by atoms with E-state index in [-0.39, 0.29) is 0 Å². The normalized spacial score (nSPS) is 13.0. The first-order valence-corrected chi connectivity index (χ1v) is 9.38. The average Bonchev–Trinajstić information content (AvgIpc) is 2.55. The van der Waals surface area contributed by atoms with Crippen LogP contribution >= 0.6 is 11.6 Å². The first-order chi connectivity index (χ1) is 11.4. The Bertz CT molecular complexity index is 605. The van der Waals surface area contributed by atoms with Crippen LogP contribution in [0.4, 0.5) is 0 Å². The Morgan fingerprint density at radius 2 is 1.21 bits per heavy atom. The predicted molar refractivity (Wildman–Crippen MR) is 107 cm³/mol. The molecule has 0 radical (unpaired) electrons. The second kappa shape index (κ2) is 8.69. The minimum absolute atomic E-state index is 0.573. The zero-order valence-corrected chi connectivity index (χ0v) is 16.3. The summed E-state index contributed by atoms with van der Waals surface area (Å²) in [5.74, 6) is 0.573. The third-order valence-electron chi connectivity index (χ3n) is 4.80. The van der Waals surface area contributed by atoms with E-state index >= 15 is 0 Å². The topological polar surface area (TPSA) is 3.24 Å². The first kappa shape index (κ1) is 19.0. The zero-order chi connectivity index (χ0) is 17.7. The van der Waals surface area contributed by atoms with Crippen LogP contribution in [0.25, 0.3) is 11.1 Å². The van der Waals surface area contributed by atoms with Crippen molar-refractivity contribution in [1.29, 1.82) is 0 Å². The summed E-state index contributed by atoms with van der Waals surface area (Å²) in [6.07, 6.45) is 1.19. The van der Waals surface area contributed by atoms with Crippen molar-refractivity contribution in [2.45, 2.75) is 59.0 Å². The van der Waals surface area contributed by atoms with E-state index in [4.69, 9.17) is 11.6 Å². The monoisotopic (exact) mass is 343 g/mol. The van der Waals surface area contributed by atoms with Crippen LogP contribution in [0, 0.1) is 0 Å². The van der Waals surface area contributed by atoms with Crippen LogP contribution in [0.1, 0.15) is 52.5 Å². The fraction of sp³-hybridized carbons (Fsp3) is 0.455. The summed E-state index contributed by atoms with van der Waals surface area (Å²) in [6.45, 7) is 12.6. The lowest BCUT2D eigenvalue weighted by molar-refractivity contribution is 0.169. The van der Waals surface area contributed by atoms with Crippen molar-refractivity contribution >= 4 is 11.6 Å². The van der Waals surface area contributed by atoms with Crippen molar-refractivity contribution < 1.29 is 0 Å². The third-order valence-corrected chi connectivity index (χ3v) is 5.06. The van der Waals surface area contributed by atoms with E-state index in [0.717, 1.165) is 11.6 Å². The third kappa shape index (κ3) is 5.09. The van der Waals surface area contributed by atoms with E-state index in [1.165, 1.54) is 23.1 Å². The Hall–Kier alpha value is -1.31. The molecule has 0 fully saturated rings. The molecule has 2 heteroatoms. The molecule has 0 amide bonds. The van der Waals surface area contributed by atoms with Gasteiger partial charge in [-0.2, -0.15) is 0 Å². The van der Waals surface area contributed by atoms with Gasteiger partial charge in [0.1, 0.15) is 0 Å². The zero-order valence-electron chi connectivity index (χ0n) is 15.6. The lowest BCUT2D eigenvalue weighted by Crippen LogP contribution is -2.38. The highest BCUT2D eigenvalue weighted by Crippen LogP contribution is 2.26. The summed E-state index contributed by atoms with van der Waals surface area (Å²) in [5.41, 5.74) is 3.87. The number of hydrogen-bond donors (Lipinski definition) is 0. The van der Waals surface area contributed by atoms with Crippen molar-refractivity contribution in [3.8, 4) is 11.1 Å². The lowest BCUT2D eigenvalue weighted by atomic mass is 9.94. The summed E-state index contributed by atoms with van der Waals surface area (Å²) < 4.78 is 0. The maximum Gasteiger partial charge on any atom is 0.0406 e. The van der Waals surface area contributed by atoms with E-state index < -0.39 is 0 Å². The molecule has 0 saturated carbocycles. The minimum atomic E-state index is 0.573. The van der Waals surface area contributed by atoms with Gasteiger partial charge in [0, 0.05) is 17.1 Å². The van der Waals surface area contributed by atoms with Gasteiger partial charge in [-0.1, -0.05) is 54.9 Å². The van der Waals surface area contributed by atoms with Gasteiger partial charge in [0.05, 0.1) is 0 Å². The first-order valence-electron chi connectivity index (χ1n) is 9.00. The molecule has 24 heavy (non-hydrogen) atoms. The molecule has 0 N–H and O–H groups in total. The van der Waals surface area contributed by atoms with Crippen LogP contribution in [0.15, 0.2) is 48.5 Å². The quantitative estimate of drug-likeness (QED) is 0.546. The number of hydrogen-bond acceptors (Lipinski definition) is 1. The van der Waals surface area contributed by atoms with Gasteiger partial charge in [-0.15, -0.1) is 0 Å². The van der Waals surface area contributed by atoms with Crippen LogP contribution in [0.3, 0.4) is 0 Å². The van der Waals surface area contributed by atoms with Crippen LogP contribution < -0.4 is 0 Å². The highest BCUT2D eigenvalue weighted by atomic mass is 35.5. The van der Waals surface area contributed by atoms with Crippen molar-refractivity contribution in [3.05, 3.63) is 59.1 Å². The number of halogens is 1. The van der Waals surface area contributed by atoms with E-state index in [9.17, 15) is 0 Å². The fourth-order valence-electron chi connectivity index (χ4n) is 3.27. The summed E-state index contributed by atoms with van der Waals surface area (Å²) in [5, 5.41) is 0.781. The molecule has 130 valence electrons. The lowest BCUT2D eigenvalue weighted by Gasteiger charge is -2.31. The number of rotatable bonds is 7. The largest absolute Gasteiger partial charge is 0.299 e. The Balaban J connectivity index is 2.00. The van der Waals surface area contributed by atoms with Gasteiger partial charge in [0.15, 0.2) is 0 Å². The molecular formula is C22H30ClN. The molecule has 1 unspecified atom stereocenters. The summed E-state index contributed by atoms with van der Waals surface area (Å²) >= 11 is 5.97. The Labute approximate surface area is 152 Å². The smallest absolute Gasteiger partial charge is 0.0406 e. The predicted octanol–water partition coefficient (Wildman–Crippen LogP) is 6.62. The molecule has 2 rings (SSSR count). The van der Waals surface area contributed by atoms with Gasteiger partial charge < -0.3 is 0 Å². The van der Waals surface area contributed by atoms with Gasteiger partial charge >= 0.3 is 0 Å². The molecule has 0 saturated heterocycles. The van der Waals surface area contributed by atoms with Crippen LogP contribution in [-0.2, 0) is 0 Å². The van der Waals surface area contributed by atoms with Gasteiger partial charge in [-0.3, -0.25) is 4.90 Å². The highest BCUT2D eigenvalue weighted by Gasteiger charge is 2.15. The van der Waals surface area contributed by atoms with Gasteiger partial charge in [0.2, 0.25) is 0 Å². The molecule has 0 aromatic heterocycles. The van der Waals surface area contributed by atoms with Crippen molar-refractivity contribution in [2.24, 2.45) is 0 Å². The fourth-order valence-corrected chi connectivity index (χ4v) is 3.39. The van der Waals surface area contributed by atoms with E-state index in [2.05, 4.69) is 75.9 Å². The second-order valence-corrected chi connectivity index (χ2v) is 7.68. The standard InChI is InChI=1S/C22H30ClN/c1-16(2)24(17(3)4)15-14-18(5)19-6-8-20(9-7-19)21-10-12-22(23)13-11-21/h6-13,16-18H,14-15H2,1-5H3. The van der Waals surface area contributed by atoms with Crippen LogP contribution in [0.5, 0.6) is 0 Å². The molecule has 1 nitrogen and oxygen atoms in total. The molecule has 0 aliphatic carbocycles. The molecule has 1 atom stereocenters. The molecule has 0 spiro atoms. The molecule has 2 aromatic rings. The Morgan fingerprint density at radius 3 is 1.67 bits per heavy atom. The second-order valence-electron chi connectivity index (χ2n) is 7.24. The van der Waals surface area contributed by atoms with E-state index in [0.29, 0.717) is 18.0 Å². The Kier molecular flexibility index (Phi) is 6.89. The van der Waals surface area contributed by atoms with Crippen LogP contribution in [-0.4, -0.2) is 23.5 Å². The number of nitrogens with zero attached hydrogens (tertiary/aromatic N) is 1. The summed E-state index contributed by atoms with van der Waals surface area (Å²) in [6, 6.07) is 18.2. The maximum atomic E-state index is 5.97. The van der Waals surface area contributed by atoms with E-state index in [1.807, 2.05) is 12.1 Å². The summed E-state index contributed by atoms with van der Waals surface area (Å²) in [4.78, 5) is 2.57. The van der Waals surface area contributed by atoms with Gasteiger partial charge in [-0.05, 0) is 75.4 Å². The minimum Gasteiger partial charge on any atom is -0.299 e. The summed E-state index contributed by atoms with van der Waals surface area (Å²) in [7, 11) is 0. The maximum absolute atomic E-state index is 5.97. The van der Waals surface area contributed by atoms with Crippen molar-refractivity contribution in [3.63, 3.8) is 0 Å². The molecule has 0 heterocycles. The molecule has 2 aromatic carbocycles. The average molecular weight is 344 g/mol. The van der Waals surface area contributed by atoms with E-state index in [1.54, 1.807) is 0 Å². The van der Waals surface area contributed by atoms with Crippen molar-refractivity contribution in [1.82, 2.24) is 4.90 Å². The molecule has 0 aliphatic heterocycles. The van der Waals surface area contributed by atoms with Gasteiger partial charge in [0.25, 0.3) is 0 Å². The van der Waals surface area contributed by atoms with Gasteiger partial charge in [-0.25, -0.2) is 0 Å². The highest BCUT2D eigenvalue weighted by molar-refractivity contribution is 6.30. The molecule has 0 aliphatic rings. The number of benzene rings is 2. The van der Waals surface area contributed by atoms with Crippen LogP contribution in [0.2, 0.25) is 5.02 Å². The Morgan fingerprint density at radius 1 is 0.750 bits per heavy atom. The van der Waals surface area contributed by atoms with Crippen molar-refractivity contribution in [2.75, 3.05) is 6.54 Å². The molecular weight excluding hydrogens is 314 g/mol.